The molecular formula is C41H46N2. The molecule has 5 rings (SSSR count). The van der Waals surface area contributed by atoms with E-state index in [1.54, 1.807) is 0 Å². The van der Waals surface area contributed by atoms with Gasteiger partial charge in [0, 0.05) is 11.4 Å². The van der Waals surface area contributed by atoms with Crippen molar-refractivity contribution in [2.24, 2.45) is 0 Å². The van der Waals surface area contributed by atoms with Crippen molar-refractivity contribution in [3.8, 4) is 0 Å². The monoisotopic (exact) mass is 566 g/mol. The average Bonchev–Trinajstić information content (AvgIpc) is 3.01. The molecule has 0 saturated carbocycles. The van der Waals surface area contributed by atoms with E-state index < -0.39 is 0 Å². The van der Waals surface area contributed by atoms with Crippen LogP contribution in [0.1, 0.15) is 88.2 Å². The van der Waals surface area contributed by atoms with Crippen molar-refractivity contribution in [1.82, 2.24) is 0 Å². The fourth-order valence-electron chi connectivity index (χ4n) is 5.96. The molecule has 0 amide bonds. The van der Waals surface area contributed by atoms with Gasteiger partial charge in [0.05, 0.1) is 0 Å². The summed E-state index contributed by atoms with van der Waals surface area (Å²) in [5, 5.41) is 0. The fraction of sp³-hybridized carbons (Fsp3) is 0.268. The molecule has 0 unspecified atom stereocenters. The first-order valence-electron chi connectivity index (χ1n) is 15.9. The fourth-order valence-corrected chi connectivity index (χ4v) is 5.96. The number of benzene rings is 5. The van der Waals surface area contributed by atoms with Gasteiger partial charge in [0.2, 0.25) is 0 Å². The summed E-state index contributed by atoms with van der Waals surface area (Å²) < 4.78 is 0. The minimum absolute atomic E-state index is 0.811. The van der Waals surface area contributed by atoms with Crippen LogP contribution in [0.2, 0.25) is 0 Å². The highest BCUT2D eigenvalue weighted by Crippen LogP contribution is 2.24. The van der Waals surface area contributed by atoms with Crippen LogP contribution in [0.15, 0.2) is 109 Å². The first kappa shape index (κ1) is 30.2. The number of anilines is 2. The van der Waals surface area contributed by atoms with E-state index in [0.717, 1.165) is 43.5 Å². The van der Waals surface area contributed by atoms with E-state index in [0.29, 0.717) is 0 Å². The Balaban J connectivity index is 1.24. The first-order valence-corrected chi connectivity index (χ1v) is 15.9. The maximum atomic E-state index is 5.93. The third-order valence-corrected chi connectivity index (χ3v) is 8.57. The second-order valence-corrected chi connectivity index (χ2v) is 12.2. The quantitative estimate of drug-likeness (QED) is 0.110. The summed E-state index contributed by atoms with van der Waals surface area (Å²) in [6, 6.07) is 39.7. The minimum Gasteiger partial charge on any atom is -0.399 e. The largest absolute Gasteiger partial charge is 0.399 e. The topological polar surface area (TPSA) is 52.0 Å². The van der Waals surface area contributed by atoms with Gasteiger partial charge in [-0.15, -0.1) is 0 Å². The Hall–Kier alpha value is -4.30. The normalized spacial score (nSPS) is 11.1. The molecule has 220 valence electrons. The highest BCUT2D eigenvalue weighted by molar-refractivity contribution is 5.44. The molecule has 0 spiro atoms. The summed E-state index contributed by atoms with van der Waals surface area (Å²) in [5.74, 6) is 0. The number of nitrogens with two attached hydrogens (primary N) is 2. The second-order valence-electron chi connectivity index (χ2n) is 12.2. The Kier molecular flexibility index (Phi) is 10.3. The van der Waals surface area contributed by atoms with Gasteiger partial charge in [-0.2, -0.15) is 0 Å². The summed E-state index contributed by atoms with van der Waals surface area (Å²) in [6.45, 7) is 4.53. The number of nitrogen functional groups attached to an aromatic ring is 2. The van der Waals surface area contributed by atoms with Crippen molar-refractivity contribution in [2.75, 3.05) is 11.5 Å². The van der Waals surface area contributed by atoms with Gasteiger partial charge in [-0.3, -0.25) is 0 Å². The van der Waals surface area contributed by atoms with Gasteiger partial charge in [0.15, 0.2) is 0 Å². The summed E-state index contributed by atoms with van der Waals surface area (Å²) in [5.41, 5.74) is 27.1. The third kappa shape index (κ3) is 8.85. The van der Waals surface area contributed by atoms with Gasteiger partial charge in [0.25, 0.3) is 0 Å². The number of hydrogen-bond donors (Lipinski definition) is 2. The molecule has 5 aromatic carbocycles. The van der Waals surface area contributed by atoms with Gasteiger partial charge in [0.1, 0.15) is 0 Å². The lowest BCUT2D eigenvalue weighted by molar-refractivity contribution is 0.665. The van der Waals surface area contributed by atoms with Gasteiger partial charge in [-0.25, -0.2) is 0 Å². The predicted octanol–water partition coefficient (Wildman–Crippen LogP) is 9.65. The van der Waals surface area contributed by atoms with Crippen molar-refractivity contribution in [1.29, 1.82) is 0 Å². The molecule has 0 radical (unpaired) electrons. The molecule has 0 aliphatic heterocycles. The molecule has 0 atom stereocenters. The van der Waals surface area contributed by atoms with Crippen LogP contribution in [0.5, 0.6) is 0 Å². The summed E-state index contributed by atoms with van der Waals surface area (Å²) in [7, 11) is 0. The van der Waals surface area contributed by atoms with E-state index in [1.165, 1.54) is 81.3 Å². The lowest BCUT2D eigenvalue weighted by Gasteiger charge is -2.14. The van der Waals surface area contributed by atoms with E-state index in [9.17, 15) is 0 Å². The number of aryl methyl sites for hydroxylation is 2. The van der Waals surface area contributed by atoms with Crippen LogP contribution < -0.4 is 11.5 Å². The Morgan fingerprint density at radius 1 is 0.419 bits per heavy atom. The lowest BCUT2D eigenvalue weighted by atomic mass is 9.91. The van der Waals surface area contributed by atoms with Gasteiger partial charge in [-0.05, 0) is 125 Å². The summed E-state index contributed by atoms with van der Waals surface area (Å²) in [6.07, 6.45) is 10.1. The van der Waals surface area contributed by atoms with Crippen molar-refractivity contribution >= 4 is 11.4 Å². The molecule has 0 saturated heterocycles. The van der Waals surface area contributed by atoms with Crippen LogP contribution in [0.3, 0.4) is 0 Å². The Morgan fingerprint density at radius 3 is 1.42 bits per heavy atom. The van der Waals surface area contributed by atoms with Crippen molar-refractivity contribution in [3.05, 3.63) is 165 Å². The number of rotatable bonds is 13. The molecule has 5 aromatic rings. The average molecular weight is 567 g/mol. The van der Waals surface area contributed by atoms with Crippen LogP contribution in [0.25, 0.3) is 0 Å². The van der Waals surface area contributed by atoms with E-state index >= 15 is 0 Å². The van der Waals surface area contributed by atoms with E-state index in [1.807, 2.05) is 24.3 Å². The van der Waals surface area contributed by atoms with Crippen LogP contribution in [-0.4, -0.2) is 0 Å². The molecule has 43 heavy (non-hydrogen) atoms. The van der Waals surface area contributed by atoms with Crippen molar-refractivity contribution in [2.45, 2.75) is 71.6 Å². The molecule has 2 heteroatoms. The maximum absolute atomic E-state index is 5.93. The van der Waals surface area contributed by atoms with Crippen LogP contribution in [0, 0.1) is 6.92 Å². The zero-order valence-electron chi connectivity index (χ0n) is 25.9. The molecule has 0 aliphatic carbocycles. The van der Waals surface area contributed by atoms with Crippen molar-refractivity contribution in [3.63, 3.8) is 0 Å². The summed E-state index contributed by atoms with van der Waals surface area (Å²) in [4.78, 5) is 0. The summed E-state index contributed by atoms with van der Waals surface area (Å²) >= 11 is 0. The van der Waals surface area contributed by atoms with Gasteiger partial charge in [-0.1, -0.05) is 111 Å². The van der Waals surface area contributed by atoms with Gasteiger partial charge >= 0.3 is 0 Å². The lowest BCUT2D eigenvalue weighted by Crippen LogP contribution is -2.00. The molecule has 0 aromatic heterocycles. The molecule has 0 bridgehead atoms. The van der Waals surface area contributed by atoms with E-state index in [2.05, 4.69) is 98.8 Å². The Labute approximate surface area is 258 Å². The SMILES string of the molecule is CCCCCCc1cc(Cc2ccc(Cc3ccc(Cc4ccc(N)cc4)cc3)c(C)c2)ccc1Cc1ccc(N)cc1. The van der Waals surface area contributed by atoms with Crippen LogP contribution in [-0.2, 0) is 32.1 Å². The predicted molar refractivity (Wildman–Crippen MR) is 185 cm³/mol. The Bertz CT molecular complexity index is 1600. The molecule has 0 aliphatic rings. The van der Waals surface area contributed by atoms with E-state index in [-0.39, 0.29) is 0 Å². The highest BCUT2D eigenvalue weighted by Gasteiger charge is 2.09. The molecule has 0 heterocycles. The molecule has 0 fully saturated rings. The number of unbranched alkanes of at least 4 members (excludes halogenated alkanes) is 3. The highest BCUT2D eigenvalue weighted by atomic mass is 14.5. The van der Waals surface area contributed by atoms with E-state index in [4.69, 9.17) is 11.5 Å². The standard InChI is InChI=1S/C41H46N2/c1-3-4-5-6-7-38-29-36(13-19-39(38)28-34-16-22-41(43)23-17-34)26-35-12-18-37(30(2)24-35)27-33-10-8-31(9-11-33)25-32-14-20-40(42)21-15-32/h8-24,29H,3-7,25-28,42-43H2,1-2H3. The van der Waals surface area contributed by atoms with Crippen LogP contribution >= 0.6 is 0 Å². The minimum atomic E-state index is 0.811. The zero-order chi connectivity index (χ0) is 30.0. The first-order chi connectivity index (χ1) is 20.9. The number of hydrogen-bond acceptors (Lipinski definition) is 2. The smallest absolute Gasteiger partial charge is 0.0314 e. The molecule has 2 nitrogen and oxygen atoms in total. The van der Waals surface area contributed by atoms with Crippen molar-refractivity contribution < 1.29 is 0 Å². The second kappa shape index (κ2) is 14.7. The molecule has 4 N–H and O–H groups in total. The molecular weight excluding hydrogens is 520 g/mol. The Morgan fingerprint density at radius 2 is 0.860 bits per heavy atom. The van der Waals surface area contributed by atoms with Gasteiger partial charge < -0.3 is 11.5 Å². The third-order valence-electron chi connectivity index (χ3n) is 8.57. The zero-order valence-corrected chi connectivity index (χ0v) is 25.9. The van der Waals surface area contributed by atoms with Crippen LogP contribution in [0.4, 0.5) is 11.4 Å². The maximum Gasteiger partial charge on any atom is 0.0314 e.